The molecule has 0 aliphatic rings. The van der Waals surface area contributed by atoms with Gasteiger partial charge >= 0.3 is 0 Å². The van der Waals surface area contributed by atoms with Crippen LogP contribution in [0.1, 0.15) is 23.4 Å². The van der Waals surface area contributed by atoms with E-state index in [1.165, 1.54) is 0 Å². The normalized spacial score (nSPS) is 10.5. The molecule has 0 atom stereocenters. The van der Waals surface area contributed by atoms with Crippen LogP contribution in [-0.4, -0.2) is 21.6 Å². The molecule has 2 aromatic rings. The van der Waals surface area contributed by atoms with Gasteiger partial charge in [0.05, 0.1) is 5.69 Å². The number of nitrogens with zero attached hydrogens (tertiary/aromatic N) is 2. The molecule has 1 heterocycles. The molecule has 8 heteroatoms. The Labute approximate surface area is 150 Å². The maximum atomic E-state index is 11.8. The second-order valence-corrected chi connectivity index (χ2v) is 6.26. The van der Waals surface area contributed by atoms with Crippen LogP contribution >= 0.6 is 23.2 Å². The van der Waals surface area contributed by atoms with E-state index >= 15 is 0 Å². The average molecular weight is 369 g/mol. The largest absolute Gasteiger partial charge is 0.273 e. The number of hydrogen-bond acceptors (Lipinski definition) is 3. The van der Waals surface area contributed by atoms with Crippen molar-refractivity contribution in [1.82, 2.24) is 20.6 Å². The lowest BCUT2D eigenvalue weighted by atomic mass is 10.1. The number of carbonyl (C=O) groups excluding carboxylic acids is 2. The minimum atomic E-state index is -0.348. The van der Waals surface area contributed by atoms with Crippen molar-refractivity contribution in [2.24, 2.45) is 0 Å². The summed E-state index contributed by atoms with van der Waals surface area (Å²) in [5.41, 5.74) is 7.30. The number of aromatic nitrogens is 2. The van der Waals surface area contributed by atoms with Gasteiger partial charge in [-0.2, -0.15) is 5.10 Å². The zero-order valence-electron chi connectivity index (χ0n) is 13.4. The topological polar surface area (TPSA) is 76.0 Å². The molecule has 0 radical (unpaired) electrons. The number of carbonyl (C=O) groups is 2. The highest BCUT2D eigenvalue weighted by Crippen LogP contribution is 2.21. The van der Waals surface area contributed by atoms with Crippen LogP contribution in [0.15, 0.2) is 24.3 Å². The van der Waals surface area contributed by atoms with Crippen LogP contribution in [0.4, 0.5) is 0 Å². The third kappa shape index (κ3) is 5.25. The van der Waals surface area contributed by atoms with Gasteiger partial charge in [0, 0.05) is 22.2 Å². The molecule has 0 spiro atoms. The van der Waals surface area contributed by atoms with E-state index in [-0.39, 0.29) is 24.8 Å². The van der Waals surface area contributed by atoms with Gasteiger partial charge in [-0.25, -0.2) is 0 Å². The van der Waals surface area contributed by atoms with Crippen LogP contribution in [0.25, 0.3) is 0 Å². The van der Waals surface area contributed by atoms with Crippen molar-refractivity contribution in [3.05, 3.63) is 51.3 Å². The highest BCUT2D eigenvalue weighted by atomic mass is 35.5. The van der Waals surface area contributed by atoms with E-state index in [0.717, 1.165) is 17.0 Å². The Kier molecular flexibility index (Phi) is 6.23. The summed E-state index contributed by atoms with van der Waals surface area (Å²) in [6.07, 6.45) is 0.650. The molecular formula is C16H18Cl2N4O2. The molecular weight excluding hydrogens is 351 g/mol. The van der Waals surface area contributed by atoms with Crippen LogP contribution < -0.4 is 10.9 Å². The number of hydrazine groups is 1. The van der Waals surface area contributed by atoms with E-state index in [1.54, 1.807) is 22.9 Å². The van der Waals surface area contributed by atoms with Gasteiger partial charge < -0.3 is 0 Å². The molecule has 2 rings (SSSR count). The predicted molar refractivity (Wildman–Crippen MR) is 92.8 cm³/mol. The fourth-order valence-electron chi connectivity index (χ4n) is 2.19. The molecule has 0 bridgehead atoms. The molecule has 1 aromatic heterocycles. The number of amides is 2. The van der Waals surface area contributed by atoms with Gasteiger partial charge in [-0.15, -0.1) is 0 Å². The lowest BCUT2D eigenvalue weighted by molar-refractivity contribution is -0.129. The predicted octanol–water partition coefficient (Wildman–Crippen LogP) is 2.59. The SMILES string of the molecule is Cc1cc(C)n(CC(=O)NNC(=O)CCc2ccc(Cl)cc2Cl)n1. The minimum Gasteiger partial charge on any atom is -0.273 e. The Hall–Kier alpha value is -2.05. The van der Waals surface area contributed by atoms with Gasteiger partial charge in [-0.3, -0.25) is 25.1 Å². The molecule has 0 saturated carbocycles. The van der Waals surface area contributed by atoms with Crippen molar-refractivity contribution in [2.45, 2.75) is 33.2 Å². The van der Waals surface area contributed by atoms with Gasteiger partial charge in [-0.1, -0.05) is 29.3 Å². The summed E-state index contributed by atoms with van der Waals surface area (Å²) in [6.45, 7) is 3.76. The number of aryl methyl sites for hydroxylation is 3. The van der Waals surface area contributed by atoms with Crippen molar-refractivity contribution in [3.63, 3.8) is 0 Å². The molecule has 128 valence electrons. The lowest BCUT2D eigenvalue weighted by Crippen LogP contribution is -2.43. The molecule has 2 amide bonds. The van der Waals surface area contributed by atoms with Crippen molar-refractivity contribution in [2.75, 3.05) is 0 Å². The van der Waals surface area contributed by atoms with Crippen molar-refractivity contribution in [3.8, 4) is 0 Å². The molecule has 0 saturated heterocycles. The fraction of sp³-hybridized carbons (Fsp3) is 0.312. The summed E-state index contributed by atoms with van der Waals surface area (Å²) in [4.78, 5) is 23.6. The summed E-state index contributed by atoms with van der Waals surface area (Å²) < 4.78 is 1.57. The molecule has 6 nitrogen and oxygen atoms in total. The monoisotopic (exact) mass is 368 g/mol. The summed E-state index contributed by atoms with van der Waals surface area (Å²) in [5, 5.41) is 5.25. The molecule has 0 aliphatic heterocycles. The van der Waals surface area contributed by atoms with Gasteiger partial charge in [0.2, 0.25) is 5.91 Å². The maximum Gasteiger partial charge on any atom is 0.260 e. The Bertz CT molecular complexity index is 759. The molecule has 2 N–H and O–H groups in total. The van der Waals surface area contributed by atoms with Crippen LogP contribution in [0.5, 0.6) is 0 Å². The number of rotatable bonds is 5. The van der Waals surface area contributed by atoms with E-state index in [9.17, 15) is 9.59 Å². The second kappa shape index (κ2) is 8.17. The van der Waals surface area contributed by atoms with Crippen LogP contribution in [0, 0.1) is 13.8 Å². The minimum absolute atomic E-state index is 0.0446. The lowest BCUT2D eigenvalue weighted by Gasteiger charge is -2.09. The Morgan fingerprint density at radius 2 is 1.83 bits per heavy atom. The van der Waals surface area contributed by atoms with E-state index < -0.39 is 0 Å². The standard InChI is InChI=1S/C16H18Cl2N4O2/c1-10-7-11(2)22(21-10)9-16(24)20-19-15(23)6-4-12-3-5-13(17)8-14(12)18/h3,5,7-8H,4,6,9H2,1-2H3,(H,19,23)(H,20,24). The van der Waals surface area contributed by atoms with Crippen LogP contribution in [0.2, 0.25) is 10.0 Å². The number of hydrogen-bond donors (Lipinski definition) is 2. The first kappa shape index (κ1) is 18.3. The van der Waals surface area contributed by atoms with E-state index in [1.807, 2.05) is 19.9 Å². The summed E-state index contributed by atoms with van der Waals surface area (Å²) in [5.74, 6) is -0.651. The Balaban J connectivity index is 1.76. The third-order valence-corrected chi connectivity index (χ3v) is 3.96. The summed E-state index contributed by atoms with van der Waals surface area (Å²) in [6, 6.07) is 7.00. The molecule has 24 heavy (non-hydrogen) atoms. The van der Waals surface area contributed by atoms with Crippen LogP contribution in [-0.2, 0) is 22.6 Å². The van der Waals surface area contributed by atoms with Gasteiger partial charge in [0.25, 0.3) is 5.91 Å². The molecule has 0 fully saturated rings. The molecule has 0 aliphatic carbocycles. The highest BCUT2D eigenvalue weighted by molar-refractivity contribution is 6.35. The van der Waals surface area contributed by atoms with E-state index in [0.29, 0.717) is 16.5 Å². The zero-order valence-corrected chi connectivity index (χ0v) is 14.9. The summed E-state index contributed by atoms with van der Waals surface area (Å²) >= 11 is 11.9. The van der Waals surface area contributed by atoms with Crippen LogP contribution in [0.3, 0.4) is 0 Å². The zero-order chi connectivity index (χ0) is 17.7. The first-order valence-corrected chi connectivity index (χ1v) is 8.13. The van der Waals surface area contributed by atoms with Gasteiger partial charge in [0.15, 0.2) is 0 Å². The van der Waals surface area contributed by atoms with Crippen molar-refractivity contribution >= 4 is 35.0 Å². The highest BCUT2D eigenvalue weighted by Gasteiger charge is 2.09. The average Bonchev–Trinajstić information content (AvgIpc) is 2.82. The van der Waals surface area contributed by atoms with Gasteiger partial charge in [0.1, 0.15) is 6.54 Å². The third-order valence-electron chi connectivity index (χ3n) is 3.37. The van der Waals surface area contributed by atoms with E-state index in [4.69, 9.17) is 23.2 Å². The Morgan fingerprint density at radius 1 is 1.12 bits per heavy atom. The number of benzene rings is 1. The summed E-state index contributed by atoms with van der Waals surface area (Å²) in [7, 11) is 0. The number of nitrogens with one attached hydrogen (secondary N) is 2. The number of halogens is 2. The first-order valence-electron chi connectivity index (χ1n) is 7.38. The second-order valence-electron chi connectivity index (χ2n) is 5.42. The van der Waals surface area contributed by atoms with Crippen molar-refractivity contribution < 1.29 is 9.59 Å². The first-order chi connectivity index (χ1) is 11.3. The van der Waals surface area contributed by atoms with E-state index in [2.05, 4.69) is 16.0 Å². The molecule has 1 aromatic carbocycles. The molecule has 0 unspecified atom stereocenters. The maximum absolute atomic E-state index is 11.8. The quantitative estimate of drug-likeness (QED) is 0.796. The Morgan fingerprint density at radius 3 is 2.46 bits per heavy atom. The smallest absolute Gasteiger partial charge is 0.260 e. The van der Waals surface area contributed by atoms with Crippen molar-refractivity contribution in [1.29, 1.82) is 0 Å². The van der Waals surface area contributed by atoms with Gasteiger partial charge in [-0.05, 0) is 44.0 Å². The fourth-order valence-corrected chi connectivity index (χ4v) is 2.69.